The molecule has 1 heterocycles. The van der Waals surface area contributed by atoms with E-state index in [4.69, 9.17) is 9.47 Å². The van der Waals surface area contributed by atoms with Crippen LogP contribution in [-0.2, 0) is 10.3 Å². The van der Waals surface area contributed by atoms with E-state index in [1.807, 2.05) is 44.2 Å². The van der Waals surface area contributed by atoms with E-state index in [-0.39, 0.29) is 12.5 Å². The van der Waals surface area contributed by atoms with Gasteiger partial charge in [0.1, 0.15) is 12.4 Å². The number of cyclic esters (lactones) is 1. The molecule has 4 rings (SSSR count). The molecule has 0 aromatic heterocycles. The Labute approximate surface area is 175 Å². The Morgan fingerprint density at radius 2 is 1.83 bits per heavy atom. The van der Waals surface area contributed by atoms with Crippen LogP contribution in [0.3, 0.4) is 0 Å². The van der Waals surface area contributed by atoms with E-state index in [0.29, 0.717) is 38.7 Å². The largest absolute Gasteiger partial charge is 0.490 e. The van der Waals surface area contributed by atoms with E-state index in [9.17, 15) is 13.6 Å². The van der Waals surface area contributed by atoms with Crippen LogP contribution in [0.4, 0.5) is 13.6 Å². The second-order valence-electron chi connectivity index (χ2n) is 8.86. The molecule has 1 amide bonds. The van der Waals surface area contributed by atoms with Crippen LogP contribution in [0.15, 0.2) is 36.4 Å². The second-order valence-corrected chi connectivity index (χ2v) is 8.86. The minimum atomic E-state index is -2.55. The minimum absolute atomic E-state index is 0.0137. The lowest BCUT2D eigenvalue weighted by Crippen LogP contribution is -2.37. The van der Waals surface area contributed by atoms with E-state index < -0.39 is 23.5 Å². The maximum Gasteiger partial charge on any atom is 0.408 e. The number of nitrogens with one attached hydrogen (secondary N) is 1. The van der Waals surface area contributed by atoms with Crippen LogP contribution in [0.25, 0.3) is 10.8 Å². The molecule has 2 aliphatic rings. The average Bonchev–Trinajstić information content (AvgIpc) is 3.08. The summed E-state index contributed by atoms with van der Waals surface area (Å²) in [5.74, 6) is -2.31. The van der Waals surface area contributed by atoms with E-state index in [1.165, 1.54) is 0 Å². The molecule has 2 fully saturated rings. The number of carbonyl (C=O) groups is 1. The number of amides is 1. The predicted octanol–water partition coefficient (Wildman–Crippen LogP) is 6.17. The van der Waals surface area contributed by atoms with Crippen molar-refractivity contribution in [3.63, 3.8) is 0 Å². The number of carbonyl (C=O) groups excluding carboxylic acids is 1. The molecule has 162 valence electrons. The molecule has 0 bridgehead atoms. The Morgan fingerprint density at radius 1 is 1.13 bits per heavy atom. The highest BCUT2D eigenvalue weighted by atomic mass is 19.3. The average molecular weight is 417 g/mol. The van der Waals surface area contributed by atoms with Crippen molar-refractivity contribution in [3.8, 4) is 5.75 Å². The number of halogens is 2. The molecule has 1 saturated carbocycles. The molecule has 2 aromatic rings. The number of alkyl halides is 2. The zero-order valence-electron chi connectivity index (χ0n) is 17.5. The third kappa shape index (κ3) is 4.23. The minimum Gasteiger partial charge on any atom is -0.490 e. The van der Waals surface area contributed by atoms with Crippen molar-refractivity contribution in [2.45, 2.75) is 69.9 Å². The van der Waals surface area contributed by atoms with Crippen molar-refractivity contribution in [2.24, 2.45) is 5.92 Å². The summed E-state index contributed by atoms with van der Waals surface area (Å²) in [5, 5.41) is 4.94. The summed E-state index contributed by atoms with van der Waals surface area (Å²) < 4.78 is 39.5. The van der Waals surface area contributed by atoms with Crippen LogP contribution in [0.5, 0.6) is 5.75 Å². The summed E-state index contributed by atoms with van der Waals surface area (Å²) in [7, 11) is 0. The van der Waals surface area contributed by atoms with E-state index >= 15 is 0 Å². The van der Waals surface area contributed by atoms with Gasteiger partial charge < -0.3 is 14.8 Å². The van der Waals surface area contributed by atoms with Gasteiger partial charge in [0.15, 0.2) is 0 Å². The summed E-state index contributed by atoms with van der Waals surface area (Å²) in [4.78, 5) is 11.4. The van der Waals surface area contributed by atoms with Gasteiger partial charge in [0, 0.05) is 12.3 Å². The molecule has 4 nitrogen and oxygen atoms in total. The van der Waals surface area contributed by atoms with Crippen LogP contribution in [0, 0.1) is 5.92 Å². The van der Waals surface area contributed by atoms with Gasteiger partial charge in [0.2, 0.25) is 0 Å². The van der Waals surface area contributed by atoms with Crippen molar-refractivity contribution >= 4 is 16.9 Å². The lowest BCUT2D eigenvalue weighted by Gasteiger charge is -2.33. The highest BCUT2D eigenvalue weighted by Gasteiger charge is 2.40. The summed E-state index contributed by atoms with van der Waals surface area (Å²) in [6.45, 7) is 4.05. The molecular formula is C24H29F2NO3. The molecule has 6 heteroatoms. The zero-order chi connectivity index (χ0) is 21.4. The molecule has 0 radical (unpaired) electrons. The van der Waals surface area contributed by atoms with Gasteiger partial charge in [-0.2, -0.15) is 0 Å². The smallest absolute Gasteiger partial charge is 0.408 e. The number of ether oxygens (including phenoxy) is 2. The second kappa shape index (κ2) is 8.05. The Hall–Kier alpha value is -2.37. The summed E-state index contributed by atoms with van der Waals surface area (Å²) >= 11 is 0. The van der Waals surface area contributed by atoms with Crippen molar-refractivity contribution < 1.29 is 23.0 Å². The van der Waals surface area contributed by atoms with E-state index in [1.54, 1.807) is 0 Å². The third-order valence-corrected chi connectivity index (χ3v) is 6.48. The van der Waals surface area contributed by atoms with Crippen LogP contribution >= 0.6 is 0 Å². The molecule has 2 aromatic carbocycles. The van der Waals surface area contributed by atoms with Gasteiger partial charge in [0.25, 0.3) is 5.92 Å². The predicted molar refractivity (Wildman–Crippen MR) is 112 cm³/mol. The van der Waals surface area contributed by atoms with Gasteiger partial charge in [0.05, 0.1) is 11.6 Å². The van der Waals surface area contributed by atoms with Crippen molar-refractivity contribution in [3.05, 3.63) is 42.0 Å². The summed E-state index contributed by atoms with van der Waals surface area (Å²) in [6.07, 6.45) is 2.44. The normalized spacial score (nSPS) is 27.0. The molecule has 0 spiro atoms. The first-order valence-electron chi connectivity index (χ1n) is 10.8. The first kappa shape index (κ1) is 20.9. The Bertz CT molecular complexity index is 924. The number of hydrogen-bond acceptors (Lipinski definition) is 3. The monoisotopic (exact) mass is 417 g/mol. The topological polar surface area (TPSA) is 47.6 Å². The highest BCUT2D eigenvalue weighted by molar-refractivity contribution is 5.85. The van der Waals surface area contributed by atoms with Gasteiger partial charge in [-0.3, -0.25) is 0 Å². The molecule has 1 aliphatic heterocycles. The fourth-order valence-electron chi connectivity index (χ4n) is 4.64. The molecule has 1 N–H and O–H groups in total. The number of fused-ring (bicyclic) bond motifs is 1. The van der Waals surface area contributed by atoms with Crippen LogP contribution in [0.1, 0.15) is 57.9 Å². The first-order chi connectivity index (χ1) is 14.3. The van der Waals surface area contributed by atoms with Crippen molar-refractivity contribution in [1.82, 2.24) is 5.32 Å². The molecule has 1 saturated heterocycles. The van der Waals surface area contributed by atoms with Crippen LogP contribution in [-0.4, -0.2) is 24.7 Å². The quantitative estimate of drug-likeness (QED) is 0.612. The zero-order valence-corrected chi connectivity index (χ0v) is 17.5. The van der Waals surface area contributed by atoms with E-state index in [0.717, 1.165) is 22.1 Å². The standard InChI is InChI=1S/C24H29F2NO3/c1-3-12-24(25,26)18-7-10-20(11-8-18)30-21-9-5-16-13-19(6-4-17(16)14-21)23(2)15-29-22(28)27-23/h4-6,9,13-14,18,20H,3,7-8,10-12,15H2,1-2H3,(H,27,28)/t18-,20-,23-/m0/s1. The molecule has 1 aliphatic carbocycles. The van der Waals surface area contributed by atoms with Crippen LogP contribution in [0.2, 0.25) is 0 Å². The van der Waals surface area contributed by atoms with Gasteiger partial charge in [-0.15, -0.1) is 0 Å². The highest BCUT2D eigenvalue weighted by Crippen LogP contribution is 2.40. The number of benzene rings is 2. The summed E-state index contributed by atoms with van der Waals surface area (Å²) in [6, 6.07) is 12.0. The molecular weight excluding hydrogens is 388 g/mol. The van der Waals surface area contributed by atoms with Gasteiger partial charge >= 0.3 is 6.09 Å². The SMILES string of the molecule is CCCC(F)(F)[C@H]1CC[C@H](Oc2ccc3cc([C@]4(C)COC(=O)N4)ccc3c2)CC1. The van der Waals surface area contributed by atoms with E-state index in [2.05, 4.69) is 11.4 Å². The Kier molecular flexibility index (Phi) is 5.60. The lowest BCUT2D eigenvalue weighted by atomic mass is 9.82. The molecule has 0 unspecified atom stereocenters. The maximum atomic E-state index is 14.2. The van der Waals surface area contributed by atoms with Gasteiger partial charge in [-0.05, 0) is 67.1 Å². The Balaban J connectivity index is 1.41. The fourth-order valence-corrected chi connectivity index (χ4v) is 4.64. The van der Waals surface area contributed by atoms with Gasteiger partial charge in [-0.1, -0.05) is 31.5 Å². The lowest BCUT2D eigenvalue weighted by molar-refractivity contribution is -0.0858. The first-order valence-corrected chi connectivity index (χ1v) is 10.8. The number of hydrogen-bond donors (Lipinski definition) is 1. The maximum absolute atomic E-state index is 14.2. The number of alkyl carbamates (subject to hydrolysis) is 1. The third-order valence-electron chi connectivity index (χ3n) is 6.48. The molecule has 30 heavy (non-hydrogen) atoms. The van der Waals surface area contributed by atoms with Crippen LogP contribution < -0.4 is 10.1 Å². The Morgan fingerprint density at radius 3 is 2.50 bits per heavy atom. The molecule has 1 atom stereocenters. The number of rotatable bonds is 6. The summed E-state index contributed by atoms with van der Waals surface area (Å²) in [5.41, 5.74) is 0.458. The van der Waals surface area contributed by atoms with Crippen molar-refractivity contribution in [2.75, 3.05) is 6.61 Å². The van der Waals surface area contributed by atoms with Gasteiger partial charge in [-0.25, -0.2) is 13.6 Å². The van der Waals surface area contributed by atoms with Crippen molar-refractivity contribution in [1.29, 1.82) is 0 Å². The fraction of sp³-hybridized carbons (Fsp3) is 0.542.